The van der Waals surface area contributed by atoms with E-state index in [0.717, 1.165) is 0 Å². The van der Waals surface area contributed by atoms with Crippen molar-refractivity contribution in [3.63, 3.8) is 0 Å². The Kier molecular flexibility index (Phi) is 5.05. The average molecular weight is 281 g/mol. The Morgan fingerprint density at radius 3 is 2.81 bits per heavy atom. The molecule has 1 amide bonds. The molecule has 0 aliphatic rings. The predicted octanol–water partition coefficient (Wildman–Crippen LogP) is 3.53. The van der Waals surface area contributed by atoms with Crippen LogP contribution in [0.1, 0.15) is 19.4 Å². The van der Waals surface area contributed by atoms with Crippen LogP contribution in [-0.2, 0) is 4.74 Å². The molecule has 0 atom stereocenters. The van der Waals surface area contributed by atoms with Crippen LogP contribution in [0.15, 0.2) is 11.2 Å². The lowest BCUT2D eigenvalue weighted by atomic mass is 10.2. The average Bonchev–Trinajstić information content (AvgIpc) is 2.55. The number of carbonyl (C=O) groups is 1. The minimum Gasteiger partial charge on any atom is -0.449 e. The minimum absolute atomic E-state index is 0.297. The molecule has 1 aromatic rings. The third-order valence-electron chi connectivity index (χ3n) is 1.64. The van der Waals surface area contributed by atoms with Crippen LogP contribution in [0.2, 0.25) is 8.67 Å². The highest BCUT2D eigenvalue weighted by Crippen LogP contribution is 2.31. The topological polar surface area (TPSA) is 50.7 Å². The van der Waals surface area contributed by atoms with Crippen molar-refractivity contribution < 1.29 is 9.53 Å². The van der Waals surface area contributed by atoms with Crippen molar-refractivity contribution in [2.75, 3.05) is 6.61 Å². The Morgan fingerprint density at radius 1 is 1.62 bits per heavy atom. The molecular weight excluding hydrogens is 271 g/mol. The summed E-state index contributed by atoms with van der Waals surface area (Å²) in [5.74, 6) is 0. The van der Waals surface area contributed by atoms with Crippen LogP contribution in [0, 0.1) is 0 Å². The number of amides is 1. The van der Waals surface area contributed by atoms with Gasteiger partial charge in [0.15, 0.2) is 0 Å². The maximum Gasteiger partial charge on any atom is 0.427 e. The maximum atomic E-state index is 11.0. The molecule has 1 N–H and O–H groups in total. The predicted molar refractivity (Wildman–Crippen MR) is 66.7 cm³/mol. The Hall–Kier alpha value is -0.780. The van der Waals surface area contributed by atoms with Crippen LogP contribution in [0.25, 0.3) is 0 Å². The Bertz CT molecular complexity index is 418. The lowest BCUT2D eigenvalue weighted by molar-refractivity contribution is 0.152. The highest BCUT2D eigenvalue weighted by Gasteiger charge is 2.09. The monoisotopic (exact) mass is 280 g/mol. The summed E-state index contributed by atoms with van der Waals surface area (Å²) in [6.45, 7) is 3.73. The highest BCUT2D eigenvalue weighted by atomic mass is 35.5. The van der Waals surface area contributed by atoms with Gasteiger partial charge in [-0.15, -0.1) is 11.3 Å². The molecule has 1 aromatic heterocycles. The summed E-state index contributed by atoms with van der Waals surface area (Å²) in [5, 5.41) is 3.84. The molecule has 4 nitrogen and oxygen atoms in total. The first-order valence-electron chi connectivity index (χ1n) is 4.46. The quantitative estimate of drug-likeness (QED) is 0.680. The van der Waals surface area contributed by atoms with Crippen LogP contribution in [0.4, 0.5) is 4.79 Å². The number of thiophene rings is 1. The largest absolute Gasteiger partial charge is 0.449 e. The van der Waals surface area contributed by atoms with Gasteiger partial charge >= 0.3 is 6.09 Å². The van der Waals surface area contributed by atoms with E-state index in [1.54, 1.807) is 19.9 Å². The summed E-state index contributed by atoms with van der Waals surface area (Å²) in [6, 6.07) is 1.69. The van der Waals surface area contributed by atoms with Crippen molar-refractivity contribution in [1.82, 2.24) is 5.43 Å². The number of nitrogens with zero attached hydrogens (tertiary/aromatic N) is 1. The number of carbonyl (C=O) groups excluding carboxylic acids is 1. The molecule has 0 aromatic carbocycles. The summed E-state index contributed by atoms with van der Waals surface area (Å²) in [5.41, 5.74) is 3.52. The first-order chi connectivity index (χ1) is 7.54. The number of ether oxygens (including phenoxy) is 1. The first-order valence-corrected chi connectivity index (χ1v) is 6.04. The van der Waals surface area contributed by atoms with Gasteiger partial charge in [-0.3, -0.25) is 0 Å². The SMILES string of the molecule is CCOC(=O)N/N=C(/C)c1cc(Cl)sc1Cl. The van der Waals surface area contributed by atoms with Gasteiger partial charge in [0, 0.05) is 5.56 Å². The zero-order chi connectivity index (χ0) is 12.1. The van der Waals surface area contributed by atoms with E-state index >= 15 is 0 Å². The van der Waals surface area contributed by atoms with Gasteiger partial charge in [0.05, 0.1) is 16.7 Å². The molecule has 0 radical (unpaired) electrons. The summed E-state index contributed by atoms with van der Waals surface area (Å²) in [7, 11) is 0. The van der Waals surface area contributed by atoms with E-state index in [4.69, 9.17) is 23.2 Å². The molecule has 0 unspecified atom stereocenters. The summed E-state index contributed by atoms with van der Waals surface area (Å²) in [6.07, 6.45) is -0.598. The van der Waals surface area contributed by atoms with E-state index < -0.39 is 6.09 Å². The van der Waals surface area contributed by atoms with Gasteiger partial charge in [-0.05, 0) is 19.9 Å². The number of nitrogens with one attached hydrogen (secondary N) is 1. The molecular formula is C9H10Cl2N2O2S. The molecule has 7 heteroatoms. The lowest BCUT2D eigenvalue weighted by Crippen LogP contribution is -2.20. The number of hydrogen-bond acceptors (Lipinski definition) is 4. The third-order valence-corrected chi connectivity index (χ3v) is 3.12. The van der Waals surface area contributed by atoms with Crippen molar-refractivity contribution in [1.29, 1.82) is 0 Å². The minimum atomic E-state index is -0.598. The molecule has 0 bridgehead atoms. The van der Waals surface area contributed by atoms with Crippen LogP contribution in [-0.4, -0.2) is 18.4 Å². The summed E-state index contributed by atoms with van der Waals surface area (Å²) < 4.78 is 5.76. The van der Waals surface area contributed by atoms with Gasteiger partial charge in [-0.2, -0.15) is 5.10 Å². The highest BCUT2D eigenvalue weighted by molar-refractivity contribution is 7.20. The zero-order valence-electron chi connectivity index (χ0n) is 8.71. The number of rotatable bonds is 3. The fraction of sp³-hybridized carbons (Fsp3) is 0.333. The number of halogens is 2. The van der Waals surface area contributed by atoms with Crippen LogP contribution in [0.5, 0.6) is 0 Å². The van der Waals surface area contributed by atoms with Gasteiger partial charge in [0.2, 0.25) is 0 Å². The second-order valence-electron chi connectivity index (χ2n) is 2.77. The van der Waals surface area contributed by atoms with Crippen LogP contribution >= 0.6 is 34.5 Å². The second-order valence-corrected chi connectivity index (χ2v) is 5.05. The number of hydrazone groups is 1. The summed E-state index contributed by atoms with van der Waals surface area (Å²) >= 11 is 13.0. The second kappa shape index (κ2) is 6.08. The van der Waals surface area contributed by atoms with Gasteiger partial charge in [-0.25, -0.2) is 10.2 Å². The molecule has 0 aliphatic heterocycles. The van der Waals surface area contributed by atoms with Crippen LogP contribution in [0.3, 0.4) is 0 Å². The normalized spacial score (nSPS) is 11.4. The molecule has 0 aliphatic carbocycles. The standard InChI is InChI=1S/C9H10Cl2N2O2S/c1-3-15-9(14)13-12-5(2)6-4-7(10)16-8(6)11/h4H,3H2,1-2H3,(H,13,14)/b12-5-. The van der Waals surface area contributed by atoms with Crippen molar-refractivity contribution >= 4 is 46.3 Å². The molecule has 0 fully saturated rings. The molecule has 16 heavy (non-hydrogen) atoms. The van der Waals surface area contributed by atoms with E-state index in [0.29, 0.717) is 26.6 Å². The maximum absolute atomic E-state index is 11.0. The molecule has 88 valence electrons. The molecule has 1 heterocycles. The fourth-order valence-corrected chi connectivity index (χ4v) is 2.50. The number of hydrogen-bond donors (Lipinski definition) is 1. The Morgan fingerprint density at radius 2 is 2.31 bits per heavy atom. The lowest BCUT2D eigenvalue weighted by Gasteiger charge is -2.01. The van der Waals surface area contributed by atoms with Crippen LogP contribution < -0.4 is 5.43 Å². The van der Waals surface area contributed by atoms with E-state index in [9.17, 15) is 4.79 Å². The Balaban J connectivity index is 2.70. The fourth-order valence-electron chi connectivity index (χ4n) is 0.940. The van der Waals surface area contributed by atoms with Crippen molar-refractivity contribution in [2.45, 2.75) is 13.8 Å². The van der Waals surface area contributed by atoms with Gasteiger partial charge in [-0.1, -0.05) is 23.2 Å². The van der Waals surface area contributed by atoms with Crippen molar-refractivity contribution in [3.05, 3.63) is 20.3 Å². The van der Waals surface area contributed by atoms with Gasteiger partial charge in [0.1, 0.15) is 4.34 Å². The van der Waals surface area contributed by atoms with Gasteiger partial charge in [0.25, 0.3) is 0 Å². The zero-order valence-corrected chi connectivity index (χ0v) is 11.0. The van der Waals surface area contributed by atoms with E-state index in [2.05, 4.69) is 15.3 Å². The summed E-state index contributed by atoms with van der Waals surface area (Å²) in [4.78, 5) is 11.0. The molecule has 0 saturated heterocycles. The van der Waals surface area contributed by atoms with E-state index in [1.807, 2.05) is 0 Å². The molecule has 0 spiro atoms. The van der Waals surface area contributed by atoms with Gasteiger partial charge < -0.3 is 4.74 Å². The third kappa shape index (κ3) is 3.66. The first kappa shape index (κ1) is 13.3. The van der Waals surface area contributed by atoms with E-state index in [1.165, 1.54) is 11.3 Å². The van der Waals surface area contributed by atoms with Crippen molar-refractivity contribution in [2.24, 2.45) is 5.10 Å². The van der Waals surface area contributed by atoms with Crippen molar-refractivity contribution in [3.8, 4) is 0 Å². The smallest absolute Gasteiger partial charge is 0.427 e. The molecule has 1 rings (SSSR count). The Labute approximate surface area is 107 Å². The van der Waals surface area contributed by atoms with E-state index in [-0.39, 0.29) is 0 Å². The molecule has 0 saturated carbocycles.